The van der Waals surface area contributed by atoms with Crippen LogP contribution in [0, 0.1) is 6.92 Å². The van der Waals surface area contributed by atoms with E-state index in [1.54, 1.807) is 17.0 Å². The van der Waals surface area contributed by atoms with Crippen molar-refractivity contribution in [2.75, 3.05) is 17.2 Å². The number of rotatable bonds is 1. The van der Waals surface area contributed by atoms with Crippen molar-refractivity contribution in [3.8, 4) is 0 Å². The third kappa shape index (κ3) is 2.14. The molecule has 0 aromatic heterocycles. The third-order valence-corrected chi connectivity index (χ3v) is 3.91. The summed E-state index contributed by atoms with van der Waals surface area (Å²) < 4.78 is 0. The molecular formula is C16H15ClN2O. The summed E-state index contributed by atoms with van der Waals surface area (Å²) in [6, 6.07) is 11.1. The van der Waals surface area contributed by atoms with E-state index < -0.39 is 0 Å². The summed E-state index contributed by atoms with van der Waals surface area (Å²) in [5, 5.41) is 0.579. The Morgan fingerprint density at radius 3 is 2.85 bits per heavy atom. The number of carbonyl (C=O) groups excluding carboxylic acids is 1. The lowest BCUT2D eigenvalue weighted by molar-refractivity contribution is 0.0989. The van der Waals surface area contributed by atoms with Crippen LogP contribution in [0.3, 0.4) is 0 Å². The molecule has 3 nitrogen and oxygen atoms in total. The molecule has 0 spiro atoms. The Balaban J connectivity index is 2.00. The average Bonchev–Trinajstić information content (AvgIpc) is 2.83. The molecule has 0 unspecified atom stereocenters. The van der Waals surface area contributed by atoms with Crippen molar-refractivity contribution in [3.05, 3.63) is 58.1 Å². The molecule has 0 bridgehead atoms. The van der Waals surface area contributed by atoms with Crippen LogP contribution in [0.4, 0.5) is 11.4 Å². The number of aryl methyl sites for hydroxylation is 1. The molecule has 1 amide bonds. The van der Waals surface area contributed by atoms with Gasteiger partial charge in [-0.1, -0.05) is 17.7 Å². The highest BCUT2D eigenvalue weighted by molar-refractivity contribution is 6.31. The van der Waals surface area contributed by atoms with Crippen LogP contribution in [0.25, 0.3) is 0 Å². The molecule has 102 valence electrons. The topological polar surface area (TPSA) is 46.3 Å². The highest BCUT2D eigenvalue weighted by Crippen LogP contribution is 2.31. The van der Waals surface area contributed by atoms with Gasteiger partial charge < -0.3 is 10.6 Å². The highest BCUT2D eigenvalue weighted by Gasteiger charge is 2.26. The summed E-state index contributed by atoms with van der Waals surface area (Å²) in [5.41, 5.74) is 10.2. The summed E-state index contributed by atoms with van der Waals surface area (Å²) >= 11 is 6.00. The molecule has 2 N–H and O–H groups in total. The Labute approximate surface area is 123 Å². The zero-order valence-electron chi connectivity index (χ0n) is 11.2. The molecule has 20 heavy (non-hydrogen) atoms. The van der Waals surface area contributed by atoms with Gasteiger partial charge in [0.1, 0.15) is 0 Å². The minimum Gasteiger partial charge on any atom is -0.399 e. The number of nitrogens with two attached hydrogens (primary N) is 1. The molecule has 2 aromatic rings. The van der Waals surface area contributed by atoms with Crippen molar-refractivity contribution in [2.24, 2.45) is 0 Å². The largest absolute Gasteiger partial charge is 0.399 e. The van der Waals surface area contributed by atoms with Crippen molar-refractivity contribution >= 4 is 28.9 Å². The van der Waals surface area contributed by atoms with Gasteiger partial charge in [0.25, 0.3) is 5.91 Å². The standard InChI is InChI=1S/C16H15ClN2O/c1-10-2-3-12(17)9-14(10)16(20)19-7-6-11-8-13(18)4-5-15(11)19/h2-5,8-9H,6-7,18H2,1H3. The first kappa shape index (κ1) is 13.0. The zero-order chi connectivity index (χ0) is 14.3. The Kier molecular flexibility index (Phi) is 3.14. The number of hydrogen-bond donors (Lipinski definition) is 1. The Morgan fingerprint density at radius 2 is 2.05 bits per heavy atom. The van der Waals surface area contributed by atoms with Crippen molar-refractivity contribution < 1.29 is 4.79 Å². The van der Waals surface area contributed by atoms with Crippen LogP contribution in [0.15, 0.2) is 36.4 Å². The number of fused-ring (bicyclic) bond motifs is 1. The molecule has 1 heterocycles. The highest BCUT2D eigenvalue weighted by atomic mass is 35.5. The van der Waals surface area contributed by atoms with Gasteiger partial charge >= 0.3 is 0 Å². The van der Waals surface area contributed by atoms with Crippen LogP contribution in [0.5, 0.6) is 0 Å². The van der Waals surface area contributed by atoms with Crippen molar-refractivity contribution in [1.29, 1.82) is 0 Å². The number of carbonyl (C=O) groups is 1. The lowest BCUT2D eigenvalue weighted by Gasteiger charge is -2.19. The monoisotopic (exact) mass is 286 g/mol. The summed E-state index contributed by atoms with van der Waals surface area (Å²) in [7, 11) is 0. The first-order valence-corrected chi connectivity index (χ1v) is 6.90. The minimum absolute atomic E-state index is 0.00600. The van der Waals surface area contributed by atoms with Crippen LogP contribution in [0.2, 0.25) is 5.02 Å². The van der Waals surface area contributed by atoms with Gasteiger partial charge in [-0.25, -0.2) is 0 Å². The average molecular weight is 287 g/mol. The fourth-order valence-electron chi connectivity index (χ4n) is 2.60. The SMILES string of the molecule is Cc1ccc(Cl)cc1C(=O)N1CCc2cc(N)ccc21. The predicted molar refractivity (Wildman–Crippen MR) is 82.4 cm³/mol. The molecule has 2 aromatic carbocycles. The minimum atomic E-state index is -0.00600. The van der Waals surface area contributed by atoms with E-state index in [4.69, 9.17) is 17.3 Å². The molecule has 0 radical (unpaired) electrons. The van der Waals surface area contributed by atoms with Crippen LogP contribution >= 0.6 is 11.6 Å². The van der Waals surface area contributed by atoms with E-state index in [0.29, 0.717) is 17.1 Å². The Morgan fingerprint density at radius 1 is 1.25 bits per heavy atom. The molecule has 0 saturated heterocycles. The maximum absolute atomic E-state index is 12.7. The maximum Gasteiger partial charge on any atom is 0.258 e. The van der Waals surface area contributed by atoms with E-state index in [0.717, 1.165) is 28.9 Å². The summed E-state index contributed by atoms with van der Waals surface area (Å²) in [6.07, 6.45) is 0.839. The van der Waals surface area contributed by atoms with Crippen LogP contribution in [-0.2, 0) is 6.42 Å². The van der Waals surface area contributed by atoms with Gasteiger partial charge in [-0.15, -0.1) is 0 Å². The summed E-state index contributed by atoms with van der Waals surface area (Å²) in [5.74, 6) is -0.00600. The first-order valence-electron chi connectivity index (χ1n) is 6.52. The van der Waals surface area contributed by atoms with Crippen LogP contribution < -0.4 is 10.6 Å². The number of benzene rings is 2. The Bertz CT molecular complexity index is 697. The lowest BCUT2D eigenvalue weighted by Crippen LogP contribution is -2.29. The molecule has 4 heteroatoms. The molecule has 0 saturated carbocycles. The van der Waals surface area contributed by atoms with E-state index in [1.165, 1.54) is 0 Å². The summed E-state index contributed by atoms with van der Waals surface area (Å²) in [6.45, 7) is 2.60. The quantitative estimate of drug-likeness (QED) is 0.816. The van der Waals surface area contributed by atoms with E-state index in [1.807, 2.05) is 31.2 Å². The van der Waals surface area contributed by atoms with E-state index in [9.17, 15) is 4.79 Å². The normalized spacial score (nSPS) is 13.4. The predicted octanol–water partition coefficient (Wildman–Crippen LogP) is 3.43. The van der Waals surface area contributed by atoms with E-state index >= 15 is 0 Å². The van der Waals surface area contributed by atoms with E-state index in [2.05, 4.69) is 0 Å². The molecule has 1 aliphatic rings. The van der Waals surface area contributed by atoms with E-state index in [-0.39, 0.29) is 5.91 Å². The fraction of sp³-hybridized carbons (Fsp3) is 0.188. The van der Waals surface area contributed by atoms with Gasteiger partial charge in [0.05, 0.1) is 0 Å². The van der Waals surface area contributed by atoms with Crippen LogP contribution in [0.1, 0.15) is 21.5 Å². The fourth-order valence-corrected chi connectivity index (χ4v) is 2.77. The molecule has 1 aliphatic heterocycles. The number of hydrogen-bond acceptors (Lipinski definition) is 2. The molecule has 3 rings (SSSR count). The van der Waals surface area contributed by atoms with Gasteiger partial charge in [0.15, 0.2) is 0 Å². The number of halogens is 1. The summed E-state index contributed by atoms with van der Waals surface area (Å²) in [4.78, 5) is 14.5. The molecule has 0 fully saturated rings. The Hall–Kier alpha value is -2.00. The molecule has 0 aliphatic carbocycles. The van der Waals surface area contributed by atoms with Crippen molar-refractivity contribution in [2.45, 2.75) is 13.3 Å². The van der Waals surface area contributed by atoms with Gasteiger partial charge in [-0.2, -0.15) is 0 Å². The second-order valence-electron chi connectivity index (χ2n) is 5.05. The lowest BCUT2D eigenvalue weighted by atomic mass is 10.1. The zero-order valence-corrected chi connectivity index (χ0v) is 11.9. The smallest absolute Gasteiger partial charge is 0.258 e. The van der Waals surface area contributed by atoms with Gasteiger partial charge in [-0.3, -0.25) is 4.79 Å². The maximum atomic E-state index is 12.7. The number of amides is 1. The molecular weight excluding hydrogens is 272 g/mol. The second kappa shape index (κ2) is 4.84. The third-order valence-electron chi connectivity index (χ3n) is 3.67. The van der Waals surface area contributed by atoms with Crippen molar-refractivity contribution in [3.63, 3.8) is 0 Å². The molecule has 0 atom stereocenters. The van der Waals surface area contributed by atoms with Gasteiger partial charge in [-0.05, 0) is 54.8 Å². The van der Waals surface area contributed by atoms with Gasteiger partial charge in [0, 0.05) is 28.5 Å². The number of anilines is 2. The first-order chi connectivity index (χ1) is 9.56. The second-order valence-corrected chi connectivity index (χ2v) is 5.49. The number of nitrogen functional groups attached to an aromatic ring is 1. The number of nitrogens with zero attached hydrogens (tertiary/aromatic N) is 1. The van der Waals surface area contributed by atoms with Crippen molar-refractivity contribution in [1.82, 2.24) is 0 Å². The van der Waals surface area contributed by atoms with Gasteiger partial charge in [0.2, 0.25) is 0 Å². The van der Waals surface area contributed by atoms with Crippen LogP contribution in [-0.4, -0.2) is 12.5 Å².